The quantitative estimate of drug-likeness (QED) is 0.271. The second-order valence-electron chi connectivity index (χ2n) is 7.36. The first-order chi connectivity index (χ1) is 13.6. The van der Waals surface area contributed by atoms with Crippen molar-refractivity contribution in [3.8, 4) is 0 Å². The molecule has 0 atom stereocenters. The highest BCUT2D eigenvalue weighted by Crippen LogP contribution is 2.32. The lowest BCUT2D eigenvalue weighted by atomic mass is 9.82. The number of ether oxygens (including phenoxy) is 1. The summed E-state index contributed by atoms with van der Waals surface area (Å²) in [6.07, 6.45) is 3.28. The lowest BCUT2D eigenvalue weighted by Gasteiger charge is -2.30. The van der Waals surface area contributed by atoms with Crippen LogP contribution in [0.5, 0.6) is 0 Å². The number of halogens is 4. The Kier molecular flexibility index (Phi) is 9.18. The van der Waals surface area contributed by atoms with Crippen LogP contribution < -0.4 is 0 Å². The molecule has 0 spiro atoms. The highest BCUT2D eigenvalue weighted by Gasteiger charge is 2.32. The van der Waals surface area contributed by atoms with E-state index in [2.05, 4.69) is 15.9 Å². The molecule has 1 saturated carbocycles. The molecule has 2 rings (SSSR count). The summed E-state index contributed by atoms with van der Waals surface area (Å²) in [5.74, 6) is 0.731. The summed E-state index contributed by atoms with van der Waals surface area (Å²) in [4.78, 5) is -0.119. The number of rotatable bonds is 9. The Hall–Kier alpha value is -0.900. The minimum atomic E-state index is -4.49. The zero-order chi connectivity index (χ0) is 21.5. The Morgan fingerprint density at radius 3 is 2.24 bits per heavy atom. The molecule has 0 heterocycles. The number of allylic oxidation sites excluding steroid dienone is 1. The van der Waals surface area contributed by atoms with E-state index in [1.165, 1.54) is 11.4 Å². The first-order valence-electron chi connectivity index (χ1n) is 9.57. The van der Waals surface area contributed by atoms with Crippen LogP contribution in [0, 0.1) is 11.8 Å². The predicted molar refractivity (Wildman–Crippen MR) is 110 cm³/mol. The molecule has 0 aliphatic heterocycles. The molecule has 1 aromatic rings. The molecule has 1 aromatic carbocycles. The average Bonchev–Trinajstić information content (AvgIpc) is 2.68. The van der Waals surface area contributed by atoms with Crippen LogP contribution in [0.25, 0.3) is 0 Å². The highest BCUT2D eigenvalue weighted by molar-refractivity contribution is 9.09. The molecule has 1 fully saturated rings. The Balaban J connectivity index is 1.84. The zero-order valence-corrected chi connectivity index (χ0v) is 18.8. The molecule has 0 N–H and O–H groups in total. The molecule has 0 saturated heterocycles. The maximum absolute atomic E-state index is 12.7. The Labute approximate surface area is 179 Å². The van der Waals surface area contributed by atoms with Crippen LogP contribution in [0.15, 0.2) is 41.3 Å². The fourth-order valence-electron chi connectivity index (χ4n) is 3.47. The van der Waals surface area contributed by atoms with Crippen LogP contribution in [0.1, 0.15) is 31.2 Å². The normalized spacial score (nSPS) is 21.2. The molecule has 4 nitrogen and oxygen atoms in total. The lowest BCUT2D eigenvalue weighted by molar-refractivity contribution is -0.137. The van der Waals surface area contributed by atoms with Gasteiger partial charge in [0.15, 0.2) is 0 Å². The van der Waals surface area contributed by atoms with Gasteiger partial charge < -0.3 is 4.74 Å². The Morgan fingerprint density at radius 2 is 1.69 bits per heavy atom. The van der Waals surface area contributed by atoms with Crippen molar-refractivity contribution in [1.29, 1.82) is 0 Å². The standard InChI is InChI=1S/C20H27BrF3NO3S/c1-25(29(26,27)19-10-8-18(9-11-19)20(22,23)24)14-16-4-6-17(7-5-16)15-28-13-3-2-12-21/h2-3,8-11,16-17H,4-7,12-15H2,1H3/b3-2+. The van der Waals surface area contributed by atoms with Gasteiger partial charge in [-0.3, -0.25) is 0 Å². The molecule has 0 radical (unpaired) electrons. The van der Waals surface area contributed by atoms with E-state index in [-0.39, 0.29) is 10.8 Å². The first kappa shape index (κ1) is 24.4. The highest BCUT2D eigenvalue weighted by atomic mass is 79.9. The van der Waals surface area contributed by atoms with Crippen molar-refractivity contribution in [2.75, 3.05) is 32.1 Å². The average molecular weight is 498 g/mol. The SMILES string of the molecule is CN(CC1CCC(COC/C=C/CBr)CC1)S(=O)(=O)c1ccc(C(F)(F)F)cc1. The molecular formula is C20H27BrF3NO3S. The zero-order valence-electron chi connectivity index (χ0n) is 16.4. The lowest BCUT2D eigenvalue weighted by Crippen LogP contribution is -2.34. The van der Waals surface area contributed by atoms with Gasteiger partial charge in [-0.1, -0.05) is 28.1 Å². The fraction of sp³-hybridized carbons (Fsp3) is 0.600. The number of hydrogen-bond donors (Lipinski definition) is 0. The van der Waals surface area contributed by atoms with Gasteiger partial charge in [0.25, 0.3) is 0 Å². The van der Waals surface area contributed by atoms with Gasteiger partial charge in [-0.05, 0) is 61.8 Å². The van der Waals surface area contributed by atoms with Crippen molar-refractivity contribution in [3.63, 3.8) is 0 Å². The summed E-state index contributed by atoms with van der Waals surface area (Å²) >= 11 is 3.31. The summed E-state index contributed by atoms with van der Waals surface area (Å²) in [5.41, 5.74) is -0.859. The second-order valence-corrected chi connectivity index (χ2v) is 10.0. The monoisotopic (exact) mass is 497 g/mol. The number of hydrogen-bond acceptors (Lipinski definition) is 3. The third-order valence-electron chi connectivity index (χ3n) is 5.19. The second kappa shape index (κ2) is 10.9. The topological polar surface area (TPSA) is 46.6 Å². The van der Waals surface area contributed by atoms with Crippen molar-refractivity contribution >= 4 is 26.0 Å². The molecule has 164 valence electrons. The molecule has 0 bridgehead atoms. The van der Waals surface area contributed by atoms with E-state index in [1.54, 1.807) is 0 Å². The van der Waals surface area contributed by atoms with Gasteiger partial charge in [0, 0.05) is 25.5 Å². The van der Waals surface area contributed by atoms with Gasteiger partial charge >= 0.3 is 6.18 Å². The van der Waals surface area contributed by atoms with Crippen LogP contribution in [-0.2, 0) is 20.9 Å². The first-order valence-corrected chi connectivity index (χ1v) is 12.1. The Morgan fingerprint density at radius 1 is 1.10 bits per heavy atom. The van der Waals surface area contributed by atoms with Crippen molar-refractivity contribution in [3.05, 3.63) is 42.0 Å². The molecule has 1 aliphatic carbocycles. The minimum absolute atomic E-state index is 0.119. The van der Waals surface area contributed by atoms with Gasteiger partial charge in [-0.15, -0.1) is 0 Å². The van der Waals surface area contributed by atoms with E-state index in [0.29, 0.717) is 25.7 Å². The van der Waals surface area contributed by atoms with Crippen molar-refractivity contribution < 1.29 is 26.3 Å². The van der Waals surface area contributed by atoms with E-state index in [1.807, 2.05) is 12.2 Å². The van der Waals surface area contributed by atoms with Gasteiger partial charge in [-0.2, -0.15) is 13.2 Å². The van der Waals surface area contributed by atoms with E-state index in [9.17, 15) is 21.6 Å². The summed E-state index contributed by atoms with van der Waals surface area (Å²) in [7, 11) is -2.32. The number of benzene rings is 1. The van der Waals surface area contributed by atoms with Gasteiger partial charge in [0.1, 0.15) is 0 Å². The molecule has 9 heteroatoms. The number of alkyl halides is 4. The smallest absolute Gasteiger partial charge is 0.377 e. The predicted octanol–water partition coefficient (Wildman–Crippen LogP) is 5.10. The maximum atomic E-state index is 12.7. The van der Waals surface area contributed by atoms with E-state index < -0.39 is 21.8 Å². The van der Waals surface area contributed by atoms with Crippen molar-refractivity contribution in [2.24, 2.45) is 11.8 Å². The van der Waals surface area contributed by atoms with E-state index >= 15 is 0 Å². The molecule has 29 heavy (non-hydrogen) atoms. The molecule has 0 unspecified atom stereocenters. The van der Waals surface area contributed by atoms with E-state index in [0.717, 1.165) is 55.3 Å². The summed E-state index contributed by atoms with van der Waals surface area (Å²) in [5, 5.41) is 0.810. The molecule has 0 amide bonds. The van der Waals surface area contributed by atoms with Crippen LogP contribution in [0.4, 0.5) is 13.2 Å². The van der Waals surface area contributed by atoms with Crippen molar-refractivity contribution in [2.45, 2.75) is 36.8 Å². The van der Waals surface area contributed by atoms with Crippen molar-refractivity contribution in [1.82, 2.24) is 4.31 Å². The van der Waals surface area contributed by atoms with Crippen LogP contribution in [-0.4, -0.2) is 44.9 Å². The summed E-state index contributed by atoms with van der Waals surface area (Å²) in [6, 6.07) is 3.65. The summed E-state index contributed by atoms with van der Waals surface area (Å²) in [6.45, 7) is 1.67. The van der Waals surface area contributed by atoms with Crippen LogP contribution >= 0.6 is 15.9 Å². The third kappa shape index (κ3) is 7.38. The summed E-state index contributed by atoms with van der Waals surface area (Å²) < 4.78 is 70.3. The van der Waals surface area contributed by atoms with Gasteiger partial charge in [0.05, 0.1) is 17.1 Å². The third-order valence-corrected chi connectivity index (χ3v) is 7.41. The number of nitrogens with zero attached hydrogens (tertiary/aromatic N) is 1. The maximum Gasteiger partial charge on any atom is 0.416 e. The number of sulfonamides is 1. The van der Waals surface area contributed by atoms with Crippen LogP contribution in [0.2, 0.25) is 0 Å². The Bertz CT molecular complexity index is 758. The van der Waals surface area contributed by atoms with Gasteiger partial charge in [0.2, 0.25) is 10.0 Å². The van der Waals surface area contributed by atoms with Crippen LogP contribution in [0.3, 0.4) is 0 Å². The fourth-order valence-corrected chi connectivity index (χ4v) is 4.98. The van der Waals surface area contributed by atoms with E-state index in [4.69, 9.17) is 4.74 Å². The minimum Gasteiger partial charge on any atom is -0.377 e. The largest absolute Gasteiger partial charge is 0.416 e. The molecule has 0 aromatic heterocycles. The molecule has 1 aliphatic rings. The molecular weight excluding hydrogens is 471 g/mol. The van der Waals surface area contributed by atoms with Gasteiger partial charge in [-0.25, -0.2) is 12.7 Å².